The molecule has 1 nitrogen and oxygen atoms in total. The van der Waals surface area contributed by atoms with E-state index in [0.29, 0.717) is 17.8 Å². The number of ether oxygens (including phenoxy) is 1. The molecule has 0 amide bonds. The third-order valence-electron chi connectivity index (χ3n) is 5.76. The van der Waals surface area contributed by atoms with Crippen LogP contribution in [0.3, 0.4) is 0 Å². The monoisotopic (exact) mass is 306 g/mol. The second-order valence-corrected chi connectivity index (χ2v) is 7.48. The average Bonchev–Trinajstić information content (AvgIpc) is 2.61. The van der Waals surface area contributed by atoms with E-state index in [2.05, 4.69) is 62.4 Å². The van der Waals surface area contributed by atoms with Crippen molar-refractivity contribution >= 4 is 0 Å². The van der Waals surface area contributed by atoms with Gasteiger partial charge in [0.15, 0.2) is 0 Å². The summed E-state index contributed by atoms with van der Waals surface area (Å²) < 4.78 is 6.25. The second kappa shape index (κ2) is 6.13. The number of fused-ring (bicyclic) bond motifs is 3. The molecular weight excluding hydrogens is 280 g/mol. The number of aryl methyl sites for hydroxylation is 1. The molecule has 1 aliphatic heterocycles. The van der Waals surface area contributed by atoms with Crippen molar-refractivity contribution in [1.82, 2.24) is 0 Å². The second-order valence-electron chi connectivity index (χ2n) is 7.48. The van der Waals surface area contributed by atoms with Crippen LogP contribution in [0.25, 0.3) is 0 Å². The Morgan fingerprint density at radius 3 is 2.57 bits per heavy atom. The molecule has 0 unspecified atom stereocenters. The summed E-state index contributed by atoms with van der Waals surface area (Å²) in [5, 5.41) is 0. The predicted octanol–water partition coefficient (Wildman–Crippen LogP) is 5.62. The molecule has 120 valence electrons. The Kier molecular flexibility index (Phi) is 3.98. The first-order valence-electron chi connectivity index (χ1n) is 9.01. The van der Waals surface area contributed by atoms with Crippen molar-refractivity contribution in [2.24, 2.45) is 5.92 Å². The Morgan fingerprint density at radius 1 is 1.00 bits per heavy atom. The van der Waals surface area contributed by atoms with Crippen LogP contribution in [0, 0.1) is 5.92 Å². The zero-order valence-electron chi connectivity index (χ0n) is 14.2. The van der Waals surface area contributed by atoms with Crippen molar-refractivity contribution in [2.75, 3.05) is 6.61 Å². The van der Waals surface area contributed by atoms with E-state index in [0.717, 1.165) is 13.0 Å². The summed E-state index contributed by atoms with van der Waals surface area (Å²) in [4.78, 5) is 0. The van der Waals surface area contributed by atoms with E-state index in [1.165, 1.54) is 24.0 Å². The molecule has 1 heteroatoms. The third kappa shape index (κ3) is 2.83. The molecule has 1 fully saturated rings. The summed E-state index contributed by atoms with van der Waals surface area (Å²) in [6, 6.07) is 18.1. The maximum atomic E-state index is 6.25. The minimum atomic E-state index is 0.253. The Hall–Kier alpha value is -1.60. The Bertz CT molecular complexity index is 671. The fourth-order valence-electron chi connectivity index (χ4n) is 4.30. The van der Waals surface area contributed by atoms with Gasteiger partial charge >= 0.3 is 0 Å². The highest BCUT2D eigenvalue weighted by Crippen LogP contribution is 2.46. The molecule has 2 aliphatic rings. The van der Waals surface area contributed by atoms with Crippen molar-refractivity contribution in [3.05, 3.63) is 70.8 Å². The molecule has 0 saturated carbocycles. The summed E-state index contributed by atoms with van der Waals surface area (Å²) in [5.74, 6) is 1.96. The van der Waals surface area contributed by atoms with Gasteiger partial charge in [-0.25, -0.2) is 0 Å². The van der Waals surface area contributed by atoms with Crippen LogP contribution in [0.15, 0.2) is 48.5 Å². The average molecular weight is 306 g/mol. The quantitative estimate of drug-likeness (QED) is 0.700. The molecule has 2 aromatic carbocycles. The van der Waals surface area contributed by atoms with Gasteiger partial charge in [-0.15, -0.1) is 0 Å². The molecule has 0 aromatic heterocycles. The molecule has 1 saturated heterocycles. The fourth-order valence-corrected chi connectivity index (χ4v) is 4.30. The van der Waals surface area contributed by atoms with Crippen molar-refractivity contribution in [3.63, 3.8) is 0 Å². The van der Waals surface area contributed by atoms with Gasteiger partial charge in [0, 0.05) is 0 Å². The van der Waals surface area contributed by atoms with Crippen LogP contribution in [-0.4, -0.2) is 6.61 Å². The zero-order chi connectivity index (χ0) is 15.8. The van der Waals surface area contributed by atoms with Crippen LogP contribution in [0.2, 0.25) is 0 Å². The Balaban J connectivity index is 1.57. The van der Waals surface area contributed by atoms with Crippen molar-refractivity contribution in [2.45, 2.75) is 51.0 Å². The topological polar surface area (TPSA) is 9.23 Å². The minimum absolute atomic E-state index is 0.253. The summed E-state index contributed by atoms with van der Waals surface area (Å²) in [7, 11) is 0. The molecule has 0 N–H and O–H groups in total. The third-order valence-corrected chi connectivity index (χ3v) is 5.76. The lowest BCUT2D eigenvalue weighted by Gasteiger charge is -2.40. The van der Waals surface area contributed by atoms with Crippen LogP contribution in [0.5, 0.6) is 0 Å². The molecule has 2 aromatic rings. The van der Waals surface area contributed by atoms with Crippen LogP contribution in [0.4, 0.5) is 0 Å². The highest BCUT2D eigenvalue weighted by Gasteiger charge is 2.36. The maximum absolute atomic E-state index is 6.25. The van der Waals surface area contributed by atoms with Crippen molar-refractivity contribution in [1.29, 1.82) is 0 Å². The van der Waals surface area contributed by atoms with Gasteiger partial charge in [0.2, 0.25) is 0 Å². The Labute approximate surface area is 139 Å². The van der Waals surface area contributed by atoms with Gasteiger partial charge in [0.05, 0.1) is 12.7 Å². The van der Waals surface area contributed by atoms with E-state index in [4.69, 9.17) is 4.74 Å². The number of benzene rings is 2. The summed E-state index contributed by atoms with van der Waals surface area (Å²) in [6.45, 7) is 5.40. The van der Waals surface area contributed by atoms with E-state index in [1.54, 1.807) is 11.1 Å². The predicted molar refractivity (Wildman–Crippen MR) is 94.8 cm³/mol. The molecular formula is C22H26O. The summed E-state index contributed by atoms with van der Waals surface area (Å²) in [5.41, 5.74) is 5.89. The number of hydrogen-bond donors (Lipinski definition) is 0. The van der Waals surface area contributed by atoms with Crippen LogP contribution in [0.1, 0.15) is 66.9 Å². The van der Waals surface area contributed by atoms with E-state index in [9.17, 15) is 0 Å². The minimum Gasteiger partial charge on any atom is -0.373 e. The first-order chi connectivity index (χ1) is 11.2. The van der Waals surface area contributed by atoms with Crippen LogP contribution >= 0.6 is 0 Å². The molecule has 1 aliphatic carbocycles. The fraction of sp³-hybridized carbons (Fsp3) is 0.455. The number of hydrogen-bond acceptors (Lipinski definition) is 1. The molecule has 0 spiro atoms. The van der Waals surface area contributed by atoms with Crippen LogP contribution in [-0.2, 0) is 11.2 Å². The Morgan fingerprint density at radius 2 is 1.78 bits per heavy atom. The van der Waals surface area contributed by atoms with Crippen molar-refractivity contribution in [3.8, 4) is 0 Å². The lowest BCUT2D eigenvalue weighted by atomic mass is 9.71. The van der Waals surface area contributed by atoms with Gasteiger partial charge in [-0.05, 0) is 59.3 Å². The van der Waals surface area contributed by atoms with Gasteiger partial charge in [0.1, 0.15) is 0 Å². The molecule has 0 radical (unpaired) electrons. The standard InChI is InChI=1S/C22H26O/c1-15(2)16-7-10-18(11-8-16)22-13-21-19(14-23-22)12-9-17-5-3-4-6-20(17)21/h3-8,10-11,15,19,21-22H,9,12-14H2,1-2H3/t19-,21-,22-/m1/s1. The first-order valence-corrected chi connectivity index (χ1v) is 9.01. The lowest BCUT2D eigenvalue weighted by Crippen LogP contribution is -2.32. The SMILES string of the molecule is CC(C)c1ccc([C@H]2C[C@H]3c4ccccc4CC[C@@H]3CO2)cc1. The highest BCUT2D eigenvalue weighted by molar-refractivity contribution is 5.35. The highest BCUT2D eigenvalue weighted by atomic mass is 16.5. The molecule has 0 bridgehead atoms. The van der Waals surface area contributed by atoms with E-state index < -0.39 is 0 Å². The summed E-state index contributed by atoms with van der Waals surface area (Å²) >= 11 is 0. The number of rotatable bonds is 2. The normalized spacial score (nSPS) is 26.7. The largest absolute Gasteiger partial charge is 0.373 e. The molecule has 4 rings (SSSR count). The van der Waals surface area contributed by atoms with E-state index in [1.807, 2.05) is 0 Å². The van der Waals surface area contributed by atoms with Gasteiger partial charge in [-0.2, -0.15) is 0 Å². The van der Waals surface area contributed by atoms with Gasteiger partial charge < -0.3 is 4.74 Å². The van der Waals surface area contributed by atoms with Gasteiger partial charge in [0.25, 0.3) is 0 Å². The molecule has 3 atom stereocenters. The smallest absolute Gasteiger partial charge is 0.0831 e. The molecule has 1 heterocycles. The van der Waals surface area contributed by atoms with Crippen LogP contribution < -0.4 is 0 Å². The summed E-state index contributed by atoms with van der Waals surface area (Å²) in [6.07, 6.45) is 3.88. The lowest BCUT2D eigenvalue weighted by molar-refractivity contribution is -0.0340. The van der Waals surface area contributed by atoms with Gasteiger partial charge in [-0.3, -0.25) is 0 Å². The maximum Gasteiger partial charge on any atom is 0.0831 e. The van der Waals surface area contributed by atoms with Gasteiger partial charge in [-0.1, -0.05) is 62.4 Å². The van der Waals surface area contributed by atoms with E-state index in [-0.39, 0.29) is 6.10 Å². The first kappa shape index (κ1) is 15.0. The van der Waals surface area contributed by atoms with Crippen molar-refractivity contribution < 1.29 is 4.74 Å². The van der Waals surface area contributed by atoms with E-state index >= 15 is 0 Å². The zero-order valence-corrected chi connectivity index (χ0v) is 14.2. The molecule has 23 heavy (non-hydrogen) atoms.